The molecule has 0 heterocycles. The van der Waals surface area contributed by atoms with E-state index in [1.54, 1.807) is 0 Å². The predicted molar refractivity (Wildman–Crippen MR) is 200 cm³/mol. The molecule has 0 nitrogen and oxygen atoms in total. The van der Waals surface area contributed by atoms with E-state index in [0.29, 0.717) is 0 Å². The first-order valence-electron chi connectivity index (χ1n) is 16.0. The second kappa shape index (κ2) is 9.76. The van der Waals surface area contributed by atoms with E-state index < -0.39 is 0 Å². The van der Waals surface area contributed by atoms with Crippen molar-refractivity contribution in [1.82, 2.24) is 0 Å². The summed E-state index contributed by atoms with van der Waals surface area (Å²) in [7, 11) is 0. The molecule has 0 fully saturated rings. The van der Waals surface area contributed by atoms with Crippen LogP contribution >= 0.6 is 0 Å². The number of rotatable bonds is 2. The van der Waals surface area contributed by atoms with Gasteiger partial charge in [-0.3, -0.25) is 0 Å². The fourth-order valence-electron chi connectivity index (χ4n) is 7.96. The molecule has 0 aliphatic heterocycles. The number of hydrogen-bond acceptors (Lipinski definition) is 0. The van der Waals surface area contributed by atoms with Crippen molar-refractivity contribution in [2.75, 3.05) is 0 Å². The van der Waals surface area contributed by atoms with Crippen LogP contribution in [0.3, 0.4) is 0 Å². The highest BCUT2D eigenvalue weighted by atomic mass is 14.2. The minimum absolute atomic E-state index is 1.24. The summed E-state index contributed by atoms with van der Waals surface area (Å²) in [5.74, 6) is 0. The quantitative estimate of drug-likeness (QED) is 0.178. The third-order valence-electron chi connectivity index (χ3n) is 10.0. The molecule has 0 unspecified atom stereocenters. The SMILES string of the molecule is c1ccc2c(-c3ccc4c5ccccc5c5c6cc(-c7cccc8ccccc78)ccc6c6ccccc6c5c4c3)cccc2c1. The maximum atomic E-state index is 2.44. The van der Waals surface area contributed by atoms with Crippen LogP contribution in [0.5, 0.6) is 0 Å². The van der Waals surface area contributed by atoms with Gasteiger partial charge in [-0.25, -0.2) is 0 Å². The summed E-state index contributed by atoms with van der Waals surface area (Å²) < 4.78 is 0. The maximum Gasteiger partial charge on any atom is -0.00137 e. The number of hydrogen-bond donors (Lipinski definition) is 0. The summed E-state index contributed by atoms with van der Waals surface area (Å²) in [5.41, 5.74) is 5.03. The lowest BCUT2D eigenvalue weighted by atomic mass is 9.85. The van der Waals surface area contributed by atoms with Crippen LogP contribution in [0.2, 0.25) is 0 Å². The van der Waals surface area contributed by atoms with E-state index in [-0.39, 0.29) is 0 Å². The molecule has 0 saturated carbocycles. The number of benzene rings is 10. The Morgan fingerprint density at radius 3 is 1.02 bits per heavy atom. The van der Waals surface area contributed by atoms with E-state index in [4.69, 9.17) is 0 Å². The van der Waals surface area contributed by atoms with Gasteiger partial charge in [0.05, 0.1) is 0 Å². The predicted octanol–water partition coefficient (Wildman–Crippen LogP) is 13.1. The summed E-state index contributed by atoms with van der Waals surface area (Å²) in [5, 5.41) is 18.1. The van der Waals surface area contributed by atoms with Crippen molar-refractivity contribution in [3.8, 4) is 22.3 Å². The number of fused-ring (bicyclic) bond motifs is 13. The molecule has 10 aromatic carbocycles. The smallest absolute Gasteiger partial charge is 0.00137 e. The topological polar surface area (TPSA) is 0 Å². The Morgan fingerprint density at radius 2 is 0.565 bits per heavy atom. The molecule has 0 aliphatic rings. The summed E-state index contributed by atoms with van der Waals surface area (Å²) >= 11 is 0. The van der Waals surface area contributed by atoms with Crippen LogP contribution in [-0.2, 0) is 0 Å². The highest BCUT2D eigenvalue weighted by molar-refractivity contribution is 6.40. The standard InChI is InChI=1S/C46H28/c1-3-15-33-29(11-1)13-9-21-35(33)31-23-25-39-37-17-5-8-20-42(37)46-44-28-32(36-22-10-14-30-12-2-4-16-34(30)36)24-26-40(44)38-18-6-7-19-41(38)45(46)43(39)27-31/h1-28H. The van der Waals surface area contributed by atoms with Crippen LogP contribution in [0.1, 0.15) is 0 Å². The van der Waals surface area contributed by atoms with Gasteiger partial charge in [0, 0.05) is 0 Å². The molecule has 0 aromatic heterocycles. The first-order chi connectivity index (χ1) is 22.8. The Bertz CT molecular complexity index is 2650. The lowest BCUT2D eigenvalue weighted by Gasteiger charge is -2.18. The van der Waals surface area contributed by atoms with Crippen LogP contribution in [-0.4, -0.2) is 0 Å². The van der Waals surface area contributed by atoms with Crippen LogP contribution in [0.15, 0.2) is 170 Å². The van der Waals surface area contributed by atoms with Gasteiger partial charge in [0.25, 0.3) is 0 Å². The fourth-order valence-corrected chi connectivity index (χ4v) is 7.96. The van der Waals surface area contributed by atoms with Gasteiger partial charge >= 0.3 is 0 Å². The van der Waals surface area contributed by atoms with Crippen LogP contribution in [0.25, 0.3) is 97.7 Å². The Kier molecular flexibility index (Phi) is 5.38. The van der Waals surface area contributed by atoms with E-state index in [1.165, 1.54) is 97.7 Å². The molecule has 0 radical (unpaired) electrons. The Balaban J connectivity index is 1.40. The molecule has 0 saturated heterocycles. The van der Waals surface area contributed by atoms with Crippen LogP contribution in [0, 0.1) is 0 Å². The van der Waals surface area contributed by atoms with Gasteiger partial charge in [0.1, 0.15) is 0 Å². The summed E-state index contributed by atoms with van der Waals surface area (Å²) in [6, 6.07) is 62.9. The summed E-state index contributed by atoms with van der Waals surface area (Å²) in [4.78, 5) is 0. The molecule has 0 heteroatoms. The molecule has 0 spiro atoms. The summed E-state index contributed by atoms with van der Waals surface area (Å²) in [6.45, 7) is 0. The largest absolute Gasteiger partial charge is 0.0616 e. The first kappa shape index (κ1) is 25.4. The molecule has 0 bridgehead atoms. The van der Waals surface area contributed by atoms with Crippen molar-refractivity contribution in [2.45, 2.75) is 0 Å². The van der Waals surface area contributed by atoms with Crippen LogP contribution in [0.4, 0.5) is 0 Å². The molecule has 0 amide bonds. The molecule has 0 aliphatic carbocycles. The summed E-state index contributed by atoms with van der Waals surface area (Å²) in [6.07, 6.45) is 0. The first-order valence-corrected chi connectivity index (χ1v) is 16.0. The van der Waals surface area contributed by atoms with Crippen molar-refractivity contribution in [2.24, 2.45) is 0 Å². The second-order valence-electron chi connectivity index (χ2n) is 12.4. The van der Waals surface area contributed by atoms with E-state index in [2.05, 4.69) is 170 Å². The average molecular weight is 581 g/mol. The lowest BCUT2D eigenvalue weighted by Crippen LogP contribution is -1.90. The minimum Gasteiger partial charge on any atom is -0.0616 e. The molecule has 0 N–H and O–H groups in total. The molecular formula is C46H28. The van der Waals surface area contributed by atoms with Crippen molar-refractivity contribution >= 4 is 75.4 Å². The van der Waals surface area contributed by atoms with E-state index >= 15 is 0 Å². The minimum atomic E-state index is 1.24. The van der Waals surface area contributed by atoms with Gasteiger partial charge in [-0.05, 0) is 110 Å². The lowest BCUT2D eigenvalue weighted by molar-refractivity contribution is 1.69. The molecule has 46 heavy (non-hydrogen) atoms. The normalized spacial score (nSPS) is 11.9. The monoisotopic (exact) mass is 580 g/mol. The zero-order chi connectivity index (χ0) is 30.2. The van der Waals surface area contributed by atoms with Gasteiger partial charge in [-0.2, -0.15) is 0 Å². The maximum absolute atomic E-state index is 2.44. The van der Waals surface area contributed by atoms with E-state index in [0.717, 1.165) is 0 Å². The van der Waals surface area contributed by atoms with Gasteiger partial charge in [0.2, 0.25) is 0 Å². The third kappa shape index (κ3) is 3.62. The second-order valence-corrected chi connectivity index (χ2v) is 12.4. The Labute approximate surface area is 266 Å². The van der Waals surface area contributed by atoms with Gasteiger partial charge in [-0.15, -0.1) is 0 Å². The molecule has 10 aromatic rings. The van der Waals surface area contributed by atoms with Gasteiger partial charge < -0.3 is 0 Å². The van der Waals surface area contributed by atoms with Crippen molar-refractivity contribution in [1.29, 1.82) is 0 Å². The van der Waals surface area contributed by atoms with Gasteiger partial charge in [-0.1, -0.05) is 158 Å². The Morgan fingerprint density at radius 1 is 0.217 bits per heavy atom. The van der Waals surface area contributed by atoms with Crippen molar-refractivity contribution < 1.29 is 0 Å². The molecular weight excluding hydrogens is 553 g/mol. The molecule has 212 valence electrons. The molecule has 10 rings (SSSR count). The average Bonchev–Trinajstić information content (AvgIpc) is 3.13. The zero-order valence-electron chi connectivity index (χ0n) is 25.2. The van der Waals surface area contributed by atoms with Crippen LogP contribution < -0.4 is 0 Å². The molecule has 0 atom stereocenters. The zero-order valence-corrected chi connectivity index (χ0v) is 25.2. The van der Waals surface area contributed by atoms with Crippen molar-refractivity contribution in [3.63, 3.8) is 0 Å². The fraction of sp³-hybridized carbons (Fsp3) is 0. The van der Waals surface area contributed by atoms with Crippen molar-refractivity contribution in [3.05, 3.63) is 170 Å². The van der Waals surface area contributed by atoms with E-state index in [1.807, 2.05) is 0 Å². The highest BCUT2D eigenvalue weighted by Crippen LogP contribution is 2.46. The van der Waals surface area contributed by atoms with Gasteiger partial charge in [0.15, 0.2) is 0 Å². The Hall–Kier alpha value is -5.98. The van der Waals surface area contributed by atoms with E-state index in [9.17, 15) is 0 Å². The third-order valence-corrected chi connectivity index (χ3v) is 10.0. The highest BCUT2D eigenvalue weighted by Gasteiger charge is 2.18.